The molecule has 1 saturated heterocycles. The maximum Gasteiger partial charge on any atom is 0.417 e. The number of rotatable bonds is 4. The van der Waals surface area contributed by atoms with Crippen LogP contribution in [-0.4, -0.2) is 51.5 Å². The first kappa shape index (κ1) is 23.0. The lowest BCUT2D eigenvalue weighted by Gasteiger charge is -2.27. The monoisotopic (exact) mass is 487 g/mol. The Morgan fingerprint density at radius 2 is 1.83 bits per heavy atom. The zero-order valence-electron chi connectivity index (χ0n) is 18.8. The molecule has 182 valence electrons. The number of anilines is 1. The van der Waals surface area contributed by atoms with Gasteiger partial charge in [-0.2, -0.15) is 13.2 Å². The molecule has 2 aromatic heterocycles. The number of hydrogen-bond acceptors (Lipinski definition) is 5. The molecular weight excluding hydrogens is 466 g/mol. The molecule has 0 N–H and O–H groups in total. The molecule has 3 aromatic rings. The van der Waals surface area contributed by atoms with Gasteiger partial charge < -0.3 is 9.80 Å². The van der Waals surface area contributed by atoms with Gasteiger partial charge in [0.1, 0.15) is 0 Å². The molecule has 1 unspecified atom stereocenters. The number of carbonyl (C=O) groups is 1. The summed E-state index contributed by atoms with van der Waals surface area (Å²) in [6.45, 7) is 0.606. The quantitative estimate of drug-likeness (QED) is 0.529. The van der Waals surface area contributed by atoms with Gasteiger partial charge in [0.15, 0.2) is 5.82 Å². The van der Waals surface area contributed by atoms with E-state index in [0.717, 1.165) is 12.3 Å². The van der Waals surface area contributed by atoms with E-state index in [4.69, 9.17) is 0 Å². The molecule has 2 aliphatic rings. The number of benzene rings is 1. The molecule has 1 aliphatic carbocycles. The first-order chi connectivity index (χ1) is 16.6. The van der Waals surface area contributed by atoms with E-state index >= 15 is 0 Å². The fourth-order valence-electron chi connectivity index (χ4n) is 5.02. The van der Waals surface area contributed by atoms with Crippen molar-refractivity contribution >= 4 is 11.9 Å². The van der Waals surface area contributed by atoms with Gasteiger partial charge in [-0.25, -0.2) is 9.37 Å². The van der Waals surface area contributed by atoms with E-state index in [0.29, 0.717) is 19.0 Å². The van der Waals surface area contributed by atoms with Crippen molar-refractivity contribution < 1.29 is 22.4 Å². The standard InChI is InChI=1S/C24H21F4N5O2/c1-31-20(34)9-19(14-7-8-29-10-18(14)25)30-23(31)32(2)21-15-11-33(12-16(15)21)22(35)13-5-3-4-6-17(13)24(26,27)28/h3-10,15-16,21H,11-12H2,1-2H3/t15-,16+,21?. The maximum atomic E-state index is 14.2. The van der Waals surface area contributed by atoms with Crippen LogP contribution >= 0.6 is 0 Å². The first-order valence-electron chi connectivity index (χ1n) is 10.9. The van der Waals surface area contributed by atoms with Gasteiger partial charge in [0.05, 0.1) is 23.0 Å². The van der Waals surface area contributed by atoms with Crippen LogP contribution in [-0.2, 0) is 13.2 Å². The summed E-state index contributed by atoms with van der Waals surface area (Å²) in [4.78, 5) is 36.9. The van der Waals surface area contributed by atoms with Gasteiger partial charge in [0.2, 0.25) is 5.95 Å². The average Bonchev–Trinajstić information content (AvgIpc) is 3.32. The number of nitrogens with zero attached hydrogens (tertiary/aromatic N) is 5. The Hall–Kier alpha value is -3.76. The lowest BCUT2D eigenvalue weighted by atomic mass is 10.1. The second-order valence-electron chi connectivity index (χ2n) is 8.88. The van der Waals surface area contributed by atoms with E-state index in [1.54, 1.807) is 14.1 Å². The number of amides is 1. The fourth-order valence-corrected chi connectivity index (χ4v) is 5.02. The van der Waals surface area contributed by atoms with Crippen molar-refractivity contribution in [1.29, 1.82) is 0 Å². The van der Waals surface area contributed by atoms with Crippen LogP contribution in [0.5, 0.6) is 0 Å². The SMILES string of the molecule is CN(c1nc(-c2ccncc2F)cc(=O)n1C)C1[C@H]2CN(C(=O)c3ccccc3C(F)(F)F)C[C@@H]12. The normalized spacial score (nSPS) is 21.1. The summed E-state index contributed by atoms with van der Waals surface area (Å²) < 4.78 is 55.6. The van der Waals surface area contributed by atoms with Crippen LogP contribution < -0.4 is 10.5 Å². The van der Waals surface area contributed by atoms with Gasteiger partial charge >= 0.3 is 6.18 Å². The Bertz CT molecular complexity index is 1360. The molecule has 11 heteroatoms. The third-order valence-corrected chi connectivity index (χ3v) is 6.82. The summed E-state index contributed by atoms with van der Waals surface area (Å²) in [7, 11) is 3.33. The van der Waals surface area contributed by atoms with Crippen LogP contribution in [0.2, 0.25) is 0 Å². The minimum Gasteiger partial charge on any atom is -0.342 e. The van der Waals surface area contributed by atoms with Crippen LogP contribution in [0.25, 0.3) is 11.3 Å². The van der Waals surface area contributed by atoms with Crippen LogP contribution in [0.4, 0.5) is 23.5 Å². The first-order valence-corrected chi connectivity index (χ1v) is 10.9. The third-order valence-electron chi connectivity index (χ3n) is 6.82. The minimum absolute atomic E-state index is 0.0280. The maximum absolute atomic E-state index is 14.2. The molecule has 1 aliphatic heterocycles. The minimum atomic E-state index is -4.62. The van der Waals surface area contributed by atoms with Crippen LogP contribution in [0.1, 0.15) is 15.9 Å². The summed E-state index contributed by atoms with van der Waals surface area (Å²) >= 11 is 0. The summed E-state index contributed by atoms with van der Waals surface area (Å²) in [5.41, 5.74) is -1.33. The summed E-state index contributed by atoms with van der Waals surface area (Å²) in [5.74, 6) is -0.852. The number of alkyl halides is 3. The predicted octanol–water partition coefficient (Wildman–Crippen LogP) is 3.21. The van der Waals surface area contributed by atoms with E-state index in [1.807, 2.05) is 4.90 Å². The predicted molar refractivity (Wildman–Crippen MR) is 119 cm³/mol. The lowest BCUT2D eigenvalue weighted by molar-refractivity contribution is -0.138. The number of halogens is 4. The molecule has 3 atom stereocenters. The van der Waals surface area contributed by atoms with Crippen molar-refractivity contribution in [2.75, 3.05) is 25.0 Å². The second kappa shape index (κ2) is 8.17. The zero-order valence-corrected chi connectivity index (χ0v) is 18.8. The number of piperidine rings is 1. The highest BCUT2D eigenvalue weighted by molar-refractivity contribution is 5.96. The molecule has 3 heterocycles. The van der Waals surface area contributed by atoms with Crippen molar-refractivity contribution in [1.82, 2.24) is 19.4 Å². The lowest BCUT2D eigenvalue weighted by Crippen LogP contribution is -2.38. The molecule has 0 radical (unpaired) electrons. The Kier molecular flexibility index (Phi) is 5.37. The molecule has 1 aromatic carbocycles. The molecule has 35 heavy (non-hydrogen) atoms. The van der Waals surface area contributed by atoms with Crippen LogP contribution in [0.3, 0.4) is 0 Å². The van der Waals surface area contributed by atoms with Gasteiger partial charge in [0.25, 0.3) is 11.5 Å². The van der Waals surface area contributed by atoms with E-state index in [2.05, 4.69) is 9.97 Å². The topological polar surface area (TPSA) is 71.3 Å². The van der Waals surface area contributed by atoms with E-state index < -0.39 is 23.5 Å². The Morgan fingerprint density at radius 1 is 1.14 bits per heavy atom. The average molecular weight is 487 g/mol. The number of carbonyl (C=O) groups excluding carboxylic acids is 1. The third kappa shape index (κ3) is 3.94. The van der Waals surface area contributed by atoms with Crippen LogP contribution in [0.15, 0.2) is 53.6 Å². The van der Waals surface area contributed by atoms with Gasteiger partial charge in [-0.1, -0.05) is 12.1 Å². The molecule has 5 rings (SSSR count). The van der Waals surface area contributed by atoms with Gasteiger partial charge in [-0.3, -0.25) is 19.1 Å². The molecule has 0 spiro atoms. The highest BCUT2D eigenvalue weighted by atomic mass is 19.4. The number of likely N-dealkylation sites (tertiary alicyclic amines) is 1. The number of hydrogen-bond donors (Lipinski definition) is 0. The highest BCUT2D eigenvalue weighted by Crippen LogP contribution is 2.50. The van der Waals surface area contributed by atoms with E-state index in [1.165, 1.54) is 46.0 Å². The molecule has 1 amide bonds. The Labute approximate surface area is 197 Å². The van der Waals surface area contributed by atoms with Crippen LogP contribution in [0, 0.1) is 17.7 Å². The largest absolute Gasteiger partial charge is 0.417 e. The highest BCUT2D eigenvalue weighted by Gasteiger charge is 2.59. The van der Waals surface area contributed by atoms with E-state index in [-0.39, 0.29) is 40.3 Å². The molecule has 1 saturated carbocycles. The van der Waals surface area contributed by atoms with Crippen molar-refractivity contribution in [2.45, 2.75) is 12.2 Å². The number of fused-ring (bicyclic) bond motifs is 1. The van der Waals surface area contributed by atoms with Gasteiger partial charge in [-0.15, -0.1) is 0 Å². The van der Waals surface area contributed by atoms with Gasteiger partial charge in [0, 0.05) is 62.9 Å². The Morgan fingerprint density at radius 3 is 2.49 bits per heavy atom. The molecule has 2 fully saturated rings. The van der Waals surface area contributed by atoms with Crippen molar-refractivity contribution in [3.05, 3.63) is 76.1 Å². The second-order valence-corrected chi connectivity index (χ2v) is 8.88. The van der Waals surface area contributed by atoms with Crippen molar-refractivity contribution in [3.63, 3.8) is 0 Å². The zero-order chi connectivity index (χ0) is 25.1. The molecular formula is C24H21F4N5O2. The summed E-state index contributed by atoms with van der Waals surface area (Å²) in [5, 5.41) is 0. The Balaban J connectivity index is 1.35. The fraction of sp³-hybridized carbons (Fsp3) is 0.333. The molecule has 7 nitrogen and oxygen atoms in total. The number of pyridine rings is 1. The van der Waals surface area contributed by atoms with E-state index in [9.17, 15) is 27.2 Å². The molecule has 0 bridgehead atoms. The smallest absolute Gasteiger partial charge is 0.342 e. The van der Waals surface area contributed by atoms with Crippen molar-refractivity contribution in [3.8, 4) is 11.3 Å². The number of aromatic nitrogens is 3. The van der Waals surface area contributed by atoms with Gasteiger partial charge in [-0.05, 0) is 18.2 Å². The van der Waals surface area contributed by atoms with Crippen molar-refractivity contribution in [2.24, 2.45) is 18.9 Å². The summed E-state index contributed by atoms with van der Waals surface area (Å²) in [6, 6.07) is 7.42. The summed E-state index contributed by atoms with van der Waals surface area (Å²) in [6.07, 6.45) is -2.16.